The third-order valence-corrected chi connectivity index (χ3v) is 4.52. The summed E-state index contributed by atoms with van der Waals surface area (Å²) in [6, 6.07) is 0. The third kappa shape index (κ3) is 7.12. The molecule has 7 nitrogen and oxygen atoms in total. The van der Waals surface area contributed by atoms with Crippen molar-refractivity contribution in [3.05, 3.63) is 12.7 Å². The van der Waals surface area contributed by atoms with Gasteiger partial charge in [0, 0.05) is 6.08 Å². The summed E-state index contributed by atoms with van der Waals surface area (Å²) < 4.78 is 5.02. The van der Waals surface area contributed by atoms with Crippen molar-refractivity contribution in [2.45, 2.75) is 63.6 Å². The fourth-order valence-electron chi connectivity index (χ4n) is 2.96. The zero-order valence-corrected chi connectivity index (χ0v) is 13.7. The average molecular weight is 344 g/mol. The predicted octanol–water partition coefficient (Wildman–Crippen LogP) is 2.09. The molecule has 0 spiro atoms. The van der Waals surface area contributed by atoms with E-state index in [0.717, 1.165) is 6.08 Å². The largest absolute Gasteiger partial charge is 1.00 e. The van der Waals surface area contributed by atoms with Gasteiger partial charge in [0.25, 0.3) is 0 Å². The molecule has 0 saturated heterocycles. The molecule has 0 heterocycles. The molecule has 0 unspecified atom stereocenters. The summed E-state index contributed by atoms with van der Waals surface area (Å²) in [6.45, 7) is 3.30. The van der Waals surface area contributed by atoms with Crippen LogP contribution in [0.1, 0.15) is 52.8 Å². The van der Waals surface area contributed by atoms with Crippen molar-refractivity contribution in [2.24, 2.45) is 11.8 Å². The highest BCUT2D eigenvalue weighted by Gasteiger charge is 2.27. The molecule has 2 saturated carbocycles. The number of hydrogen-bond donors (Lipinski definition) is 3. The molecule has 0 amide bonds. The van der Waals surface area contributed by atoms with Crippen LogP contribution in [0.5, 0.6) is 0 Å². The number of aliphatic carboxylic acids is 2. The molecule has 0 atom stereocenters. The van der Waals surface area contributed by atoms with Crippen LogP contribution in [0.3, 0.4) is 0 Å². The van der Waals surface area contributed by atoms with Crippen LogP contribution in [-0.4, -0.2) is 45.4 Å². The van der Waals surface area contributed by atoms with Gasteiger partial charge in [-0.25, -0.2) is 4.79 Å². The fraction of sp³-hybridized carbons (Fsp3) is 0.706. The smallest absolute Gasteiger partial charge is 0.330 e. The summed E-state index contributed by atoms with van der Waals surface area (Å²) in [4.78, 5) is 31.8. The summed E-state index contributed by atoms with van der Waals surface area (Å²) in [6.07, 6.45) is 5.76. The fourth-order valence-corrected chi connectivity index (χ4v) is 2.96. The van der Waals surface area contributed by atoms with Crippen LogP contribution in [0.15, 0.2) is 12.7 Å². The molecular weight excluding hydrogens is 316 g/mol. The maximum Gasteiger partial charge on any atom is 0.330 e. The number of hydrogen-bond acceptors (Lipinski definition) is 5. The minimum absolute atomic E-state index is 0. The molecule has 138 valence electrons. The summed E-state index contributed by atoms with van der Waals surface area (Å²) in [7, 11) is 0. The molecule has 0 aromatic rings. The van der Waals surface area contributed by atoms with E-state index in [2.05, 4.69) is 6.58 Å². The second-order valence-corrected chi connectivity index (χ2v) is 6.30. The number of esters is 1. The first-order valence-electron chi connectivity index (χ1n) is 8.30. The van der Waals surface area contributed by atoms with Crippen LogP contribution < -0.4 is 0 Å². The number of ether oxygens (including phenoxy) is 1. The highest BCUT2D eigenvalue weighted by atomic mass is 16.5. The molecule has 0 aromatic heterocycles. The number of carbonyl (C=O) groups is 3. The van der Waals surface area contributed by atoms with Crippen molar-refractivity contribution < 1.29 is 35.9 Å². The van der Waals surface area contributed by atoms with Crippen LogP contribution in [0.2, 0.25) is 0 Å². The number of aliphatic hydroxyl groups is 1. The molecule has 2 aliphatic carbocycles. The zero-order valence-electron chi connectivity index (χ0n) is 14.7. The van der Waals surface area contributed by atoms with Gasteiger partial charge in [0.1, 0.15) is 6.10 Å². The van der Waals surface area contributed by atoms with E-state index in [1.807, 2.05) is 0 Å². The lowest BCUT2D eigenvalue weighted by Crippen LogP contribution is -2.27. The predicted molar refractivity (Wildman–Crippen MR) is 86.4 cm³/mol. The first-order chi connectivity index (χ1) is 11.3. The highest BCUT2D eigenvalue weighted by Crippen LogP contribution is 2.26. The average Bonchev–Trinajstić information content (AvgIpc) is 2.56. The Morgan fingerprint density at radius 1 is 0.875 bits per heavy atom. The lowest BCUT2D eigenvalue weighted by Gasteiger charge is -2.25. The molecule has 0 radical (unpaired) electrons. The Balaban J connectivity index is 0.000000465. The van der Waals surface area contributed by atoms with Crippen molar-refractivity contribution >= 4 is 17.9 Å². The van der Waals surface area contributed by atoms with E-state index in [-0.39, 0.29) is 25.5 Å². The normalized spacial score (nSPS) is 29.5. The lowest BCUT2D eigenvalue weighted by atomic mass is 9.87. The van der Waals surface area contributed by atoms with Gasteiger partial charge in [-0.3, -0.25) is 9.59 Å². The van der Waals surface area contributed by atoms with Crippen molar-refractivity contribution in [2.75, 3.05) is 0 Å². The van der Waals surface area contributed by atoms with Crippen molar-refractivity contribution in [3.8, 4) is 0 Å². The van der Waals surface area contributed by atoms with E-state index < -0.39 is 17.9 Å². The van der Waals surface area contributed by atoms with Gasteiger partial charge in [0.2, 0.25) is 0 Å². The summed E-state index contributed by atoms with van der Waals surface area (Å²) in [5, 5.41) is 26.3. The number of rotatable bonds is 4. The van der Waals surface area contributed by atoms with Gasteiger partial charge in [-0.2, -0.15) is 0 Å². The maximum atomic E-state index is 10.8. The molecule has 7 heteroatoms. The third-order valence-electron chi connectivity index (χ3n) is 4.52. The lowest BCUT2D eigenvalue weighted by molar-refractivity contribution is -0.148. The van der Waals surface area contributed by atoms with E-state index in [4.69, 9.17) is 20.1 Å². The quantitative estimate of drug-likeness (QED) is 0.527. The SMILES string of the molecule is C=CC(=O)OC1CCC(C(=O)O)CC1.O=C(O)C1CCC(O)CC1.[2H-]. The Hall–Kier alpha value is -1.89. The summed E-state index contributed by atoms with van der Waals surface area (Å²) in [5.41, 5.74) is 0. The highest BCUT2D eigenvalue weighted by molar-refractivity contribution is 5.81. The van der Waals surface area contributed by atoms with Gasteiger partial charge in [-0.15, -0.1) is 0 Å². The zero-order chi connectivity index (χ0) is 18.1. The Morgan fingerprint density at radius 2 is 1.29 bits per heavy atom. The number of carboxylic acid groups (broad SMARTS) is 2. The van der Waals surface area contributed by atoms with Crippen LogP contribution in [-0.2, 0) is 19.1 Å². The number of aliphatic hydroxyl groups excluding tert-OH is 1. The first kappa shape index (κ1) is 20.2. The topological polar surface area (TPSA) is 121 Å². The Morgan fingerprint density at radius 3 is 1.67 bits per heavy atom. The van der Waals surface area contributed by atoms with Crippen LogP contribution in [0.25, 0.3) is 0 Å². The van der Waals surface area contributed by atoms with Crippen molar-refractivity contribution in [1.82, 2.24) is 0 Å². The second kappa shape index (κ2) is 10.1. The van der Waals surface area contributed by atoms with E-state index >= 15 is 0 Å². The molecule has 0 aliphatic heterocycles. The molecule has 3 N–H and O–H groups in total. The van der Waals surface area contributed by atoms with Crippen molar-refractivity contribution in [3.63, 3.8) is 0 Å². The molecule has 24 heavy (non-hydrogen) atoms. The van der Waals surface area contributed by atoms with E-state index in [9.17, 15) is 14.4 Å². The Kier molecular flexibility index (Phi) is 8.46. The molecule has 0 aromatic carbocycles. The van der Waals surface area contributed by atoms with Crippen LogP contribution in [0.4, 0.5) is 0 Å². The minimum Gasteiger partial charge on any atom is -1.00 e. The minimum atomic E-state index is -0.751. The second-order valence-electron chi connectivity index (χ2n) is 6.30. The molecule has 0 bridgehead atoms. The van der Waals surface area contributed by atoms with Crippen LogP contribution >= 0.6 is 0 Å². The van der Waals surface area contributed by atoms with Gasteiger partial charge >= 0.3 is 17.9 Å². The van der Waals surface area contributed by atoms with Gasteiger partial charge in [-0.05, 0) is 51.4 Å². The number of carboxylic acids is 2. The molecule has 2 rings (SSSR count). The Labute approximate surface area is 142 Å². The molecule has 2 fully saturated rings. The van der Waals surface area contributed by atoms with Gasteiger partial charge < -0.3 is 21.5 Å². The van der Waals surface area contributed by atoms with Gasteiger partial charge in [0.15, 0.2) is 0 Å². The standard InChI is InChI=1S/C10H14O4.C7H12O3.H/c1-2-9(11)14-8-5-3-7(4-6-8)10(12)13;8-6-3-1-5(2-4-6)7(9)10;/h2,7-8H,1,3-6H2,(H,12,13);5-6,8H,1-4H2,(H,9,10);/q;;-1/i;;1+1. The monoisotopic (exact) mass is 344 g/mol. The first-order valence-corrected chi connectivity index (χ1v) is 8.30. The van der Waals surface area contributed by atoms with E-state index in [0.29, 0.717) is 51.4 Å². The number of carbonyl (C=O) groups excluding carboxylic acids is 1. The molecule has 2 aliphatic rings. The van der Waals surface area contributed by atoms with E-state index in [1.54, 1.807) is 0 Å². The van der Waals surface area contributed by atoms with Crippen LogP contribution in [0, 0.1) is 11.8 Å². The Bertz CT molecular complexity index is 450. The molecular formula is C17H27O7-. The van der Waals surface area contributed by atoms with Gasteiger partial charge in [0.05, 0.1) is 17.9 Å². The summed E-state index contributed by atoms with van der Waals surface area (Å²) in [5.74, 6) is -2.37. The van der Waals surface area contributed by atoms with E-state index in [1.165, 1.54) is 0 Å². The summed E-state index contributed by atoms with van der Waals surface area (Å²) >= 11 is 0. The maximum absolute atomic E-state index is 10.8. The van der Waals surface area contributed by atoms with Crippen molar-refractivity contribution in [1.29, 1.82) is 0 Å². The van der Waals surface area contributed by atoms with Gasteiger partial charge in [-0.1, -0.05) is 6.58 Å².